The first-order valence-electron chi connectivity index (χ1n) is 6.75. The second kappa shape index (κ2) is 5.68. The smallest absolute Gasteiger partial charge is 0.257 e. The molecule has 1 aromatic rings. The van der Waals surface area contributed by atoms with E-state index in [1.54, 1.807) is 0 Å². The summed E-state index contributed by atoms with van der Waals surface area (Å²) in [4.78, 5) is 12.0. The molecule has 4 heteroatoms. The third-order valence-electron chi connectivity index (χ3n) is 4.21. The van der Waals surface area contributed by atoms with E-state index in [1.165, 1.54) is 6.07 Å². The van der Waals surface area contributed by atoms with E-state index in [4.69, 9.17) is 0 Å². The van der Waals surface area contributed by atoms with E-state index < -0.39 is 23.1 Å². The van der Waals surface area contributed by atoms with Gasteiger partial charge < -0.3 is 5.32 Å². The van der Waals surface area contributed by atoms with Crippen LogP contribution in [0.1, 0.15) is 43.5 Å². The van der Waals surface area contributed by atoms with E-state index >= 15 is 0 Å². The molecular weight excluding hydrogens is 248 g/mol. The highest BCUT2D eigenvalue weighted by Crippen LogP contribution is 2.29. The van der Waals surface area contributed by atoms with Crippen molar-refractivity contribution in [2.75, 3.05) is 0 Å². The Balaban J connectivity index is 2.13. The normalized spacial score (nSPS) is 27.1. The van der Waals surface area contributed by atoms with Crippen molar-refractivity contribution in [1.29, 1.82) is 0 Å². The van der Waals surface area contributed by atoms with Gasteiger partial charge in [0, 0.05) is 6.04 Å². The zero-order valence-corrected chi connectivity index (χ0v) is 11.2. The molecule has 0 aliphatic heterocycles. The molecular formula is C15H19F2NO. The molecule has 2 rings (SSSR count). The maximum Gasteiger partial charge on any atom is 0.257 e. The molecule has 1 aromatic carbocycles. The molecule has 0 spiro atoms. The number of amides is 1. The highest BCUT2D eigenvalue weighted by molar-refractivity contribution is 5.94. The maximum absolute atomic E-state index is 13.5. The first kappa shape index (κ1) is 14.0. The summed E-state index contributed by atoms with van der Waals surface area (Å²) in [5.74, 6) is -1.43. The fourth-order valence-corrected chi connectivity index (χ4v) is 2.74. The molecule has 2 nitrogen and oxygen atoms in total. The van der Waals surface area contributed by atoms with E-state index in [9.17, 15) is 13.6 Å². The van der Waals surface area contributed by atoms with Crippen molar-refractivity contribution in [3.63, 3.8) is 0 Å². The molecule has 104 valence electrons. The third kappa shape index (κ3) is 2.94. The van der Waals surface area contributed by atoms with Crippen LogP contribution in [0.15, 0.2) is 18.2 Å². The molecule has 0 saturated heterocycles. The van der Waals surface area contributed by atoms with Gasteiger partial charge in [0.25, 0.3) is 5.91 Å². The summed E-state index contributed by atoms with van der Waals surface area (Å²) in [5.41, 5.74) is -0.479. The lowest BCUT2D eigenvalue weighted by atomic mass is 9.78. The van der Waals surface area contributed by atoms with Gasteiger partial charge in [-0.3, -0.25) is 4.79 Å². The molecule has 0 heterocycles. The van der Waals surface area contributed by atoms with E-state index in [0.29, 0.717) is 11.8 Å². The Labute approximate surface area is 112 Å². The van der Waals surface area contributed by atoms with Gasteiger partial charge in [-0.05, 0) is 30.4 Å². The van der Waals surface area contributed by atoms with Gasteiger partial charge in [0.15, 0.2) is 0 Å². The van der Waals surface area contributed by atoms with E-state index in [2.05, 4.69) is 19.2 Å². The minimum absolute atomic E-state index is 0.00439. The zero-order valence-electron chi connectivity index (χ0n) is 11.2. The first-order chi connectivity index (χ1) is 9.00. The third-order valence-corrected chi connectivity index (χ3v) is 4.21. The molecule has 19 heavy (non-hydrogen) atoms. The lowest BCUT2D eigenvalue weighted by molar-refractivity contribution is 0.0882. The van der Waals surface area contributed by atoms with Crippen LogP contribution in [0, 0.1) is 23.5 Å². The summed E-state index contributed by atoms with van der Waals surface area (Å²) in [7, 11) is 0. The quantitative estimate of drug-likeness (QED) is 0.872. The highest BCUT2D eigenvalue weighted by atomic mass is 19.1. The zero-order chi connectivity index (χ0) is 14.0. The van der Waals surface area contributed by atoms with Crippen molar-refractivity contribution in [3.8, 4) is 0 Å². The molecule has 1 N–H and O–H groups in total. The molecule has 1 amide bonds. The topological polar surface area (TPSA) is 29.1 Å². The van der Waals surface area contributed by atoms with Crippen LogP contribution in [-0.4, -0.2) is 11.9 Å². The van der Waals surface area contributed by atoms with Crippen LogP contribution in [0.3, 0.4) is 0 Å². The Morgan fingerprint density at radius 3 is 2.47 bits per heavy atom. The van der Waals surface area contributed by atoms with Crippen LogP contribution in [-0.2, 0) is 0 Å². The number of nitrogens with one attached hydrogen (secondary N) is 1. The van der Waals surface area contributed by atoms with E-state index in [-0.39, 0.29) is 6.04 Å². The lowest BCUT2D eigenvalue weighted by Gasteiger charge is -2.34. The van der Waals surface area contributed by atoms with Gasteiger partial charge in [0.2, 0.25) is 0 Å². The fourth-order valence-electron chi connectivity index (χ4n) is 2.74. The minimum atomic E-state index is -0.811. The standard InChI is InChI=1S/C15H19F2NO/c1-9-5-3-8-13(10(9)2)18-15(19)14-11(16)6-4-7-12(14)17/h4,6-7,9-10,13H,3,5,8H2,1-2H3,(H,18,19)/t9-,10-,13-/m1/s1. The number of carbonyl (C=O) groups is 1. The van der Waals surface area contributed by atoms with Crippen LogP contribution >= 0.6 is 0 Å². The van der Waals surface area contributed by atoms with Gasteiger partial charge in [-0.2, -0.15) is 0 Å². The van der Waals surface area contributed by atoms with Crippen LogP contribution in [0.2, 0.25) is 0 Å². The predicted molar refractivity (Wildman–Crippen MR) is 69.8 cm³/mol. The first-order valence-corrected chi connectivity index (χ1v) is 6.75. The van der Waals surface area contributed by atoms with Crippen molar-refractivity contribution in [1.82, 2.24) is 5.32 Å². The average molecular weight is 267 g/mol. The fraction of sp³-hybridized carbons (Fsp3) is 0.533. The second-order valence-electron chi connectivity index (χ2n) is 5.44. The Morgan fingerprint density at radius 1 is 1.21 bits per heavy atom. The number of rotatable bonds is 2. The second-order valence-corrected chi connectivity index (χ2v) is 5.44. The SMILES string of the molecule is C[C@@H]1[C@H](C)CCC[C@H]1NC(=O)c1c(F)cccc1F. The summed E-state index contributed by atoms with van der Waals surface area (Å²) >= 11 is 0. The predicted octanol–water partition coefficient (Wildman–Crippen LogP) is 3.52. The monoisotopic (exact) mass is 267 g/mol. The number of carbonyl (C=O) groups excluding carboxylic acids is 1. The Bertz CT molecular complexity index is 455. The Morgan fingerprint density at radius 2 is 1.84 bits per heavy atom. The summed E-state index contributed by atoms with van der Waals surface area (Å²) in [6.07, 6.45) is 3.05. The molecule has 0 unspecified atom stereocenters. The van der Waals surface area contributed by atoms with Crippen LogP contribution in [0.25, 0.3) is 0 Å². The largest absolute Gasteiger partial charge is 0.349 e. The van der Waals surface area contributed by atoms with Gasteiger partial charge in [-0.1, -0.05) is 32.8 Å². The number of halogens is 2. The summed E-state index contributed by atoms with van der Waals surface area (Å²) in [6, 6.07) is 3.46. The van der Waals surface area contributed by atoms with Gasteiger partial charge in [-0.15, -0.1) is 0 Å². The number of hydrogen-bond donors (Lipinski definition) is 1. The van der Waals surface area contributed by atoms with Crippen molar-refractivity contribution in [2.24, 2.45) is 11.8 Å². The summed E-state index contributed by atoms with van der Waals surface area (Å²) in [5, 5.41) is 2.78. The molecule has 0 bridgehead atoms. The van der Waals surface area contributed by atoms with Crippen molar-refractivity contribution < 1.29 is 13.6 Å². The number of hydrogen-bond acceptors (Lipinski definition) is 1. The van der Waals surface area contributed by atoms with Gasteiger partial charge in [0.05, 0.1) is 0 Å². The lowest BCUT2D eigenvalue weighted by Crippen LogP contribution is -2.44. The Kier molecular flexibility index (Phi) is 4.17. The molecule has 1 aliphatic carbocycles. The number of benzene rings is 1. The molecule has 1 aliphatic rings. The van der Waals surface area contributed by atoms with Crippen LogP contribution in [0.5, 0.6) is 0 Å². The van der Waals surface area contributed by atoms with E-state index in [1.807, 2.05) is 0 Å². The Hall–Kier alpha value is -1.45. The molecule has 3 atom stereocenters. The van der Waals surface area contributed by atoms with Gasteiger partial charge in [-0.25, -0.2) is 8.78 Å². The highest BCUT2D eigenvalue weighted by Gasteiger charge is 2.29. The van der Waals surface area contributed by atoms with Crippen molar-refractivity contribution >= 4 is 5.91 Å². The summed E-state index contributed by atoms with van der Waals surface area (Å²) in [6.45, 7) is 4.22. The molecule has 0 radical (unpaired) electrons. The summed E-state index contributed by atoms with van der Waals surface area (Å²) < 4.78 is 27.1. The van der Waals surface area contributed by atoms with Gasteiger partial charge >= 0.3 is 0 Å². The van der Waals surface area contributed by atoms with Crippen molar-refractivity contribution in [2.45, 2.75) is 39.2 Å². The average Bonchev–Trinajstić information content (AvgIpc) is 2.35. The van der Waals surface area contributed by atoms with Crippen LogP contribution in [0.4, 0.5) is 8.78 Å². The molecule has 1 fully saturated rings. The van der Waals surface area contributed by atoms with E-state index in [0.717, 1.165) is 31.4 Å². The maximum atomic E-state index is 13.5. The molecule has 0 aromatic heterocycles. The molecule has 1 saturated carbocycles. The van der Waals surface area contributed by atoms with Crippen molar-refractivity contribution in [3.05, 3.63) is 35.4 Å². The minimum Gasteiger partial charge on any atom is -0.349 e. The van der Waals surface area contributed by atoms with Gasteiger partial charge in [0.1, 0.15) is 17.2 Å². The van der Waals surface area contributed by atoms with Crippen LogP contribution < -0.4 is 5.32 Å².